The highest BCUT2D eigenvalue weighted by Gasteiger charge is 2.71. The van der Waals surface area contributed by atoms with Crippen LogP contribution in [0.2, 0.25) is 0 Å². The summed E-state index contributed by atoms with van der Waals surface area (Å²) in [6.45, 7) is 0. The molecule has 162 valence electrons. The number of primary amides is 1. The maximum atomic E-state index is 13.6. The van der Waals surface area contributed by atoms with Crippen molar-refractivity contribution in [2.45, 2.75) is 24.9 Å². The van der Waals surface area contributed by atoms with E-state index >= 15 is 0 Å². The minimum absolute atomic E-state index is 0.00377. The number of nitrogens with zero attached hydrogens (tertiary/aromatic N) is 2. The molecular weight excluding hydrogens is 414 g/mol. The number of rotatable bonds is 2. The molecule has 0 saturated carbocycles. The molecule has 4 aliphatic rings. The van der Waals surface area contributed by atoms with Gasteiger partial charge in [0.05, 0.1) is 11.3 Å². The van der Waals surface area contributed by atoms with Gasteiger partial charge in [0.25, 0.3) is 5.91 Å². The van der Waals surface area contributed by atoms with Crippen molar-refractivity contribution < 1.29 is 29.3 Å². The highest BCUT2D eigenvalue weighted by molar-refractivity contribution is 6.21. The molecule has 9 heteroatoms. The van der Waals surface area contributed by atoms with Crippen LogP contribution in [0.4, 0.5) is 0 Å². The lowest BCUT2D eigenvalue weighted by Gasteiger charge is -2.36. The van der Waals surface area contributed by atoms with Crippen molar-refractivity contribution >= 4 is 17.5 Å². The Balaban J connectivity index is 1.53. The lowest BCUT2D eigenvalue weighted by atomic mass is 9.63. The highest BCUT2D eigenvalue weighted by Crippen LogP contribution is 2.64. The maximum absolute atomic E-state index is 13.6. The fourth-order valence-electron chi connectivity index (χ4n) is 5.70. The molecule has 1 amide bonds. The monoisotopic (exact) mass is 433 g/mol. The van der Waals surface area contributed by atoms with E-state index in [1.165, 1.54) is 6.07 Å². The molecule has 0 bridgehead atoms. The molecule has 1 spiro atoms. The van der Waals surface area contributed by atoms with Crippen molar-refractivity contribution in [2.75, 3.05) is 0 Å². The van der Waals surface area contributed by atoms with Gasteiger partial charge in [-0.05, 0) is 42.5 Å². The number of nitrogens with two attached hydrogens (primary N) is 1. The predicted molar refractivity (Wildman–Crippen MR) is 109 cm³/mol. The van der Waals surface area contributed by atoms with Gasteiger partial charge in [-0.1, -0.05) is 0 Å². The van der Waals surface area contributed by atoms with E-state index in [9.17, 15) is 24.6 Å². The molecule has 0 radical (unpaired) electrons. The summed E-state index contributed by atoms with van der Waals surface area (Å²) in [5.41, 5.74) is 6.25. The number of allylic oxidation sites excluding steroid dienone is 1. The van der Waals surface area contributed by atoms with Gasteiger partial charge in [-0.15, -0.1) is 0 Å². The number of phenols is 1. The van der Waals surface area contributed by atoms with Crippen LogP contribution in [0.15, 0.2) is 47.1 Å². The number of aromatic nitrogens is 2. The number of phenolic OH excluding ortho intramolecular Hbond substituents is 1. The number of carbonyl (C=O) groups excluding carboxylic acids is 3. The SMILES string of the molecule is Cn1ccc(-c2ccc(O)c3c2CC2C[C@H]4CC(=O)C(C(N)=O)=C(O)[C@]45OC5=C2C3=O)n1. The fourth-order valence-corrected chi connectivity index (χ4v) is 5.70. The summed E-state index contributed by atoms with van der Waals surface area (Å²) < 4.78 is 7.48. The topological polar surface area (TPSA) is 148 Å². The number of hydrogen-bond acceptors (Lipinski definition) is 7. The Labute approximate surface area is 181 Å². The average molecular weight is 433 g/mol. The minimum Gasteiger partial charge on any atom is -0.507 e. The smallest absolute Gasteiger partial charge is 0.255 e. The Hall–Kier alpha value is -3.88. The number of aromatic hydroxyl groups is 1. The predicted octanol–water partition coefficient (Wildman–Crippen LogP) is 1.46. The van der Waals surface area contributed by atoms with Crippen LogP contribution in [0.1, 0.15) is 28.8 Å². The summed E-state index contributed by atoms with van der Waals surface area (Å²) in [7, 11) is 1.80. The summed E-state index contributed by atoms with van der Waals surface area (Å²) in [6.07, 6.45) is 2.68. The third kappa shape index (κ3) is 2.17. The molecule has 4 N–H and O–H groups in total. The normalized spacial score (nSPS) is 27.9. The van der Waals surface area contributed by atoms with E-state index in [1.54, 1.807) is 24.0 Å². The number of fused-ring (bicyclic) bond motifs is 2. The fraction of sp³-hybridized carbons (Fsp3) is 0.304. The Morgan fingerprint density at radius 2 is 2.03 bits per heavy atom. The third-order valence-corrected chi connectivity index (χ3v) is 7.10. The van der Waals surface area contributed by atoms with E-state index < -0.39 is 34.5 Å². The number of ketones is 2. The van der Waals surface area contributed by atoms with Crippen molar-refractivity contribution in [3.05, 3.63) is 58.2 Å². The van der Waals surface area contributed by atoms with E-state index in [-0.39, 0.29) is 35.2 Å². The minimum atomic E-state index is -1.34. The van der Waals surface area contributed by atoms with Crippen LogP contribution in [0, 0.1) is 11.8 Å². The maximum Gasteiger partial charge on any atom is 0.255 e. The second-order valence-corrected chi connectivity index (χ2v) is 8.82. The van der Waals surface area contributed by atoms with Gasteiger partial charge in [-0.25, -0.2) is 0 Å². The first-order valence-corrected chi connectivity index (χ1v) is 10.3. The van der Waals surface area contributed by atoms with Crippen molar-refractivity contribution in [3.63, 3.8) is 0 Å². The number of epoxide rings is 1. The zero-order chi connectivity index (χ0) is 22.5. The van der Waals surface area contributed by atoms with Crippen LogP contribution in [-0.4, -0.2) is 43.1 Å². The number of carbonyl (C=O) groups is 3. The van der Waals surface area contributed by atoms with Gasteiger partial charge in [0, 0.05) is 36.7 Å². The number of Topliss-reactive ketones (excluding diaryl/α,β-unsaturated/α-hetero) is 2. The number of amides is 1. The molecule has 1 saturated heterocycles. The van der Waals surface area contributed by atoms with Gasteiger partial charge in [0.15, 0.2) is 23.1 Å². The van der Waals surface area contributed by atoms with Gasteiger partial charge in [0.2, 0.25) is 5.60 Å². The molecule has 1 aliphatic heterocycles. The molecule has 9 nitrogen and oxygen atoms in total. The Morgan fingerprint density at radius 1 is 1.25 bits per heavy atom. The standard InChI is InChI=1S/C23H19N3O6/c1-26-5-4-13(25-26)11-2-3-14(27)17-12(11)7-9-6-10-8-15(28)18(22(24)31)20(30)23(10)21(32-23)16(9)19(17)29/h2-5,9-10,27,30H,6-8H2,1H3,(H2,24,31)/t9?,10-,23+/m0/s1. The first-order chi connectivity index (χ1) is 15.2. The van der Waals surface area contributed by atoms with Crippen molar-refractivity contribution in [1.82, 2.24) is 9.78 Å². The first kappa shape index (κ1) is 18.9. The first-order valence-electron chi connectivity index (χ1n) is 10.3. The van der Waals surface area contributed by atoms with Crippen LogP contribution >= 0.6 is 0 Å². The van der Waals surface area contributed by atoms with E-state index in [4.69, 9.17) is 10.5 Å². The molecule has 3 aliphatic carbocycles. The Bertz CT molecular complexity index is 1350. The van der Waals surface area contributed by atoms with Gasteiger partial charge in [-0.2, -0.15) is 5.10 Å². The lowest BCUT2D eigenvalue weighted by molar-refractivity contribution is -0.123. The molecule has 6 rings (SSSR count). The van der Waals surface area contributed by atoms with Gasteiger partial charge in [0.1, 0.15) is 11.3 Å². The number of aliphatic hydroxyl groups is 1. The summed E-state index contributed by atoms with van der Waals surface area (Å²) in [4.78, 5) is 37.8. The van der Waals surface area contributed by atoms with Crippen molar-refractivity contribution in [2.24, 2.45) is 24.6 Å². The number of ether oxygens (including phenoxy) is 1. The molecule has 2 heterocycles. The second kappa shape index (κ2) is 5.87. The molecule has 1 fully saturated rings. The van der Waals surface area contributed by atoms with Gasteiger partial charge >= 0.3 is 0 Å². The molecule has 1 aromatic heterocycles. The van der Waals surface area contributed by atoms with E-state index in [2.05, 4.69) is 5.10 Å². The Kier molecular flexibility index (Phi) is 3.46. The van der Waals surface area contributed by atoms with Gasteiger partial charge < -0.3 is 20.7 Å². The molecule has 1 aromatic carbocycles. The van der Waals surface area contributed by atoms with Crippen LogP contribution in [-0.2, 0) is 27.8 Å². The summed E-state index contributed by atoms with van der Waals surface area (Å²) in [6, 6.07) is 5.07. The number of aryl methyl sites for hydroxylation is 1. The second-order valence-electron chi connectivity index (χ2n) is 8.82. The van der Waals surface area contributed by atoms with Crippen LogP contribution in [0.5, 0.6) is 5.75 Å². The molecule has 3 atom stereocenters. The van der Waals surface area contributed by atoms with E-state index in [0.29, 0.717) is 29.7 Å². The molecule has 32 heavy (non-hydrogen) atoms. The van der Waals surface area contributed by atoms with E-state index in [0.717, 1.165) is 5.56 Å². The van der Waals surface area contributed by atoms with Gasteiger partial charge in [-0.3, -0.25) is 19.1 Å². The number of benzene rings is 1. The molecule has 1 unspecified atom stereocenters. The largest absolute Gasteiger partial charge is 0.507 e. The zero-order valence-electron chi connectivity index (χ0n) is 17.1. The zero-order valence-corrected chi connectivity index (χ0v) is 17.1. The highest BCUT2D eigenvalue weighted by atomic mass is 16.6. The summed E-state index contributed by atoms with van der Waals surface area (Å²) in [5, 5.41) is 25.7. The lowest BCUT2D eigenvalue weighted by Crippen LogP contribution is -2.43. The average Bonchev–Trinajstić information content (AvgIpc) is 3.34. The Morgan fingerprint density at radius 3 is 2.72 bits per heavy atom. The number of aliphatic hydroxyl groups excluding tert-OH is 1. The summed E-state index contributed by atoms with van der Waals surface area (Å²) in [5.74, 6) is -2.90. The van der Waals surface area contributed by atoms with Crippen LogP contribution in [0.3, 0.4) is 0 Å². The van der Waals surface area contributed by atoms with Crippen LogP contribution in [0.25, 0.3) is 11.3 Å². The molecule has 2 aromatic rings. The third-order valence-electron chi connectivity index (χ3n) is 7.10. The number of hydrogen-bond donors (Lipinski definition) is 3. The van der Waals surface area contributed by atoms with E-state index in [1.807, 2.05) is 6.07 Å². The van der Waals surface area contributed by atoms with Crippen LogP contribution < -0.4 is 5.73 Å². The van der Waals surface area contributed by atoms with Crippen molar-refractivity contribution in [3.8, 4) is 17.0 Å². The summed E-state index contributed by atoms with van der Waals surface area (Å²) >= 11 is 0. The van der Waals surface area contributed by atoms with Crippen molar-refractivity contribution in [1.29, 1.82) is 0 Å². The molecular formula is C23H19N3O6. The quantitative estimate of drug-likeness (QED) is 0.480.